The number of carboxylic acids is 1. The molecule has 1 fully saturated rings. The smallest absolute Gasteiger partial charge is 0.422 e. The zero-order valence-corrected chi connectivity index (χ0v) is 12.8. The minimum Gasteiger partial charge on any atom is -0.484 e. The number of para-hydroxylation sites is 1. The Bertz CT molecular complexity index is 603. The lowest BCUT2D eigenvalue weighted by Crippen LogP contribution is -2.29. The Kier molecular flexibility index (Phi) is 5.69. The summed E-state index contributed by atoms with van der Waals surface area (Å²) in [6.45, 7) is -1.37. The number of hydrogen-bond donors (Lipinski definition) is 2. The highest BCUT2D eigenvalue weighted by Crippen LogP contribution is 2.31. The van der Waals surface area contributed by atoms with Gasteiger partial charge >= 0.3 is 12.1 Å². The van der Waals surface area contributed by atoms with Crippen molar-refractivity contribution in [3.63, 3.8) is 0 Å². The first-order chi connectivity index (χ1) is 11.3. The van der Waals surface area contributed by atoms with Crippen molar-refractivity contribution in [2.45, 2.75) is 32.0 Å². The van der Waals surface area contributed by atoms with Gasteiger partial charge in [-0.3, -0.25) is 9.59 Å². The second-order valence-electron chi connectivity index (χ2n) is 5.77. The molecule has 0 saturated heterocycles. The van der Waals surface area contributed by atoms with Crippen molar-refractivity contribution in [1.82, 2.24) is 5.32 Å². The van der Waals surface area contributed by atoms with Gasteiger partial charge in [-0.05, 0) is 25.3 Å². The molecule has 1 aliphatic carbocycles. The molecule has 0 bridgehead atoms. The summed E-state index contributed by atoms with van der Waals surface area (Å²) in [5, 5.41) is 11.6. The summed E-state index contributed by atoms with van der Waals surface area (Å²) in [5.41, 5.74) is 0.433. The second kappa shape index (κ2) is 7.55. The van der Waals surface area contributed by atoms with E-state index in [-0.39, 0.29) is 30.5 Å². The lowest BCUT2D eigenvalue weighted by molar-refractivity contribution is -0.153. The van der Waals surface area contributed by atoms with Crippen LogP contribution in [0.4, 0.5) is 13.2 Å². The first-order valence-corrected chi connectivity index (χ1v) is 7.54. The van der Waals surface area contributed by atoms with Crippen LogP contribution in [0.1, 0.15) is 24.8 Å². The number of hydrogen-bond acceptors (Lipinski definition) is 3. The first-order valence-electron chi connectivity index (χ1n) is 7.54. The summed E-state index contributed by atoms with van der Waals surface area (Å²) in [4.78, 5) is 23.0. The minimum absolute atomic E-state index is 0.0289. The highest BCUT2D eigenvalue weighted by molar-refractivity contribution is 5.80. The molecular weight excluding hydrogens is 327 g/mol. The highest BCUT2D eigenvalue weighted by atomic mass is 19.4. The number of amides is 1. The van der Waals surface area contributed by atoms with Crippen molar-refractivity contribution in [1.29, 1.82) is 0 Å². The number of benzene rings is 1. The summed E-state index contributed by atoms with van der Waals surface area (Å²) >= 11 is 0. The van der Waals surface area contributed by atoms with Crippen LogP contribution in [0, 0.1) is 11.8 Å². The second-order valence-corrected chi connectivity index (χ2v) is 5.77. The molecule has 0 spiro atoms. The van der Waals surface area contributed by atoms with Crippen LogP contribution in [-0.4, -0.2) is 29.8 Å². The van der Waals surface area contributed by atoms with Gasteiger partial charge in [0.05, 0.1) is 5.92 Å². The van der Waals surface area contributed by atoms with E-state index in [0.717, 1.165) is 0 Å². The number of carbonyl (C=O) groups is 2. The molecule has 0 radical (unpaired) electrons. The normalized spacial score (nSPS) is 20.6. The molecule has 0 heterocycles. The predicted octanol–water partition coefficient (Wildman–Crippen LogP) is 2.74. The Morgan fingerprint density at radius 2 is 1.88 bits per heavy atom. The zero-order chi connectivity index (χ0) is 17.7. The van der Waals surface area contributed by atoms with Gasteiger partial charge in [0.15, 0.2) is 6.61 Å². The molecule has 5 nitrogen and oxygen atoms in total. The van der Waals surface area contributed by atoms with Gasteiger partial charge in [0.1, 0.15) is 5.75 Å². The van der Waals surface area contributed by atoms with E-state index in [0.29, 0.717) is 18.4 Å². The van der Waals surface area contributed by atoms with Crippen molar-refractivity contribution in [2.75, 3.05) is 6.61 Å². The fourth-order valence-electron chi connectivity index (χ4n) is 2.72. The molecule has 1 amide bonds. The van der Waals surface area contributed by atoms with E-state index in [2.05, 4.69) is 5.32 Å². The third-order valence-corrected chi connectivity index (χ3v) is 3.97. The molecule has 8 heteroatoms. The molecule has 0 aromatic heterocycles. The van der Waals surface area contributed by atoms with Crippen LogP contribution >= 0.6 is 0 Å². The number of aliphatic carboxylic acids is 1. The standard InChI is InChI=1S/C16H18F3NO4/c17-16(18,19)9-24-13-4-2-1-3-12(13)8-20-14(21)10-5-6-11(7-10)15(22)23/h1-4,10-11H,5-9H2,(H,20,21)(H,22,23)/t10-,11+/m0/s1. The third kappa shape index (κ3) is 5.14. The number of halogens is 3. The molecule has 0 unspecified atom stereocenters. The number of nitrogens with one attached hydrogen (secondary N) is 1. The summed E-state index contributed by atoms with van der Waals surface area (Å²) in [6, 6.07) is 6.16. The molecule has 1 aliphatic rings. The Morgan fingerprint density at radius 1 is 1.21 bits per heavy atom. The SMILES string of the molecule is O=C(O)[C@@H]1CC[C@H](C(=O)NCc2ccccc2OCC(F)(F)F)C1. The molecule has 2 rings (SSSR count). The van der Waals surface area contributed by atoms with Gasteiger partial charge in [-0.25, -0.2) is 0 Å². The molecule has 2 N–H and O–H groups in total. The van der Waals surface area contributed by atoms with Crippen LogP contribution in [-0.2, 0) is 16.1 Å². The van der Waals surface area contributed by atoms with E-state index in [1.54, 1.807) is 18.2 Å². The Hall–Kier alpha value is -2.25. The van der Waals surface area contributed by atoms with E-state index in [1.165, 1.54) is 6.07 Å². The van der Waals surface area contributed by atoms with E-state index in [4.69, 9.17) is 9.84 Å². The zero-order valence-electron chi connectivity index (χ0n) is 12.8. The van der Waals surface area contributed by atoms with Gasteiger partial charge in [0.25, 0.3) is 0 Å². The molecule has 1 saturated carbocycles. The van der Waals surface area contributed by atoms with Crippen LogP contribution in [0.25, 0.3) is 0 Å². The average molecular weight is 345 g/mol. The Balaban J connectivity index is 1.90. The monoisotopic (exact) mass is 345 g/mol. The third-order valence-electron chi connectivity index (χ3n) is 3.97. The Labute approximate surface area is 136 Å². The number of carbonyl (C=O) groups excluding carboxylic acids is 1. The van der Waals surface area contributed by atoms with Crippen molar-refractivity contribution in [3.8, 4) is 5.75 Å². The molecule has 24 heavy (non-hydrogen) atoms. The molecule has 1 aromatic rings. The van der Waals surface area contributed by atoms with Crippen LogP contribution in [0.5, 0.6) is 5.75 Å². The van der Waals surface area contributed by atoms with E-state index < -0.39 is 24.7 Å². The van der Waals surface area contributed by atoms with Gasteiger partial charge in [-0.2, -0.15) is 13.2 Å². The molecule has 0 aliphatic heterocycles. The lowest BCUT2D eigenvalue weighted by atomic mass is 10.0. The van der Waals surface area contributed by atoms with Crippen LogP contribution in [0.3, 0.4) is 0 Å². The van der Waals surface area contributed by atoms with Gasteiger partial charge in [-0.15, -0.1) is 0 Å². The van der Waals surface area contributed by atoms with Crippen molar-refractivity contribution in [2.24, 2.45) is 11.8 Å². The number of ether oxygens (including phenoxy) is 1. The van der Waals surface area contributed by atoms with Crippen LogP contribution in [0.2, 0.25) is 0 Å². The van der Waals surface area contributed by atoms with Crippen LogP contribution in [0.15, 0.2) is 24.3 Å². The number of alkyl halides is 3. The van der Waals surface area contributed by atoms with Crippen molar-refractivity contribution < 1.29 is 32.6 Å². The number of carboxylic acid groups (broad SMARTS) is 1. The van der Waals surface area contributed by atoms with Crippen molar-refractivity contribution >= 4 is 11.9 Å². The van der Waals surface area contributed by atoms with Crippen LogP contribution < -0.4 is 10.1 Å². The summed E-state index contributed by atoms with van der Waals surface area (Å²) in [7, 11) is 0. The number of rotatable bonds is 6. The topological polar surface area (TPSA) is 75.6 Å². The molecule has 2 atom stereocenters. The van der Waals surface area contributed by atoms with Crippen molar-refractivity contribution in [3.05, 3.63) is 29.8 Å². The molecule has 132 valence electrons. The average Bonchev–Trinajstić information content (AvgIpc) is 3.01. The molecular formula is C16H18F3NO4. The summed E-state index contributed by atoms with van der Waals surface area (Å²) in [6.07, 6.45) is -3.20. The largest absolute Gasteiger partial charge is 0.484 e. The van der Waals surface area contributed by atoms with E-state index in [1.807, 2.05) is 0 Å². The fraction of sp³-hybridized carbons (Fsp3) is 0.500. The Morgan fingerprint density at radius 3 is 2.50 bits per heavy atom. The predicted molar refractivity (Wildman–Crippen MR) is 78.3 cm³/mol. The molecule has 1 aromatic carbocycles. The lowest BCUT2D eigenvalue weighted by Gasteiger charge is -2.15. The fourth-order valence-corrected chi connectivity index (χ4v) is 2.72. The maximum Gasteiger partial charge on any atom is 0.422 e. The maximum absolute atomic E-state index is 12.3. The summed E-state index contributed by atoms with van der Waals surface area (Å²) in [5.74, 6) is -2.02. The first kappa shape index (κ1) is 18.1. The quantitative estimate of drug-likeness (QED) is 0.831. The maximum atomic E-state index is 12.3. The summed E-state index contributed by atoms with van der Waals surface area (Å²) < 4.78 is 41.5. The van der Waals surface area contributed by atoms with E-state index in [9.17, 15) is 22.8 Å². The van der Waals surface area contributed by atoms with Gasteiger partial charge in [0, 0.05) is 18.0 Å². The van der Waals surface area contributed by atoms with Gasteiger partial charge in [0.2, 0.25) is 5.91 Å². The highest BCUT2D eigenvalue weighted by Gasteiger charge is 2.33. The van der Waals surface area contributed by atoms with E-state index >= 15 is 0 Å². The minimum atomic E-state index is -4.44. The van der Waals surface area contributed by atoms with Gasteiger partial charge in [-0.1, -0.05) is 18.2 Å². The van der Waals surface area contributed by atoms with Gasteiger partial charge < -0.3 is 15.2 Å².